The third-order valence-electron chi connectivity index (χ3n) is 2.10. The van der Waals surface area contributed by atoms with Gasteiger partial charge in [0.25, 0.3) is 0 Å². The van der Waals surface area contributed by atoms with Crippen molar-refractivity contribution < 1.29 is 4.74 Å². The molecule has 1 aromatic heterocycles. The first kappa shape index (κ1) is 8.77. The first-order valence-corrected chi connectivity index (χ1v) is 4.24. The van der Waals surface area contributed by atoms with E-state index in [4.69, 9.17) is 10.6 Å². The Morgan fingerprint density at radius 3 is 2.93 bits per heavy atom. The quantitative estimate of drug-likeness (QED) is 0.555. The third-order valence-corrected chi connectivity index (χ3v) is 2.10. The molecule has 72 valence electrons. The smallest absolute Gasteiger partial charge is 0.119 e. The summed E-state index contributed by atoms with van der Waals surface area (Å²) in [5.74, 6) is 6.18. The molecular weight excluding hydrogens is 178 g/mol. The molecule has 0 aliphatic carbocycles. The average Bonchev–Trinajstić information content (AvgIpc) is 2.27. The van der Waals surface area contributed by atoms with E-state index in [1.807, 2.05) is 24.3 Å². The number of nitrogens with one attached hydrogen (secondary N) is 1. The van der Waals surface area contributed by atoms with Crippen LogP contribution in [0.4, 0.5) is 5.69 Å². The van der Waals surface area contributed by atoms with Gasteiger partial charge in [-0.05, 0) is 24.3 Å². The van der Waals surface area contributed by atoms with Crippen LogP contribution < -0.4 is 16.0 Å². The third kappa shape index (κ3) is 1.36. The van der Waals surface area contributed by atoms with Crippen LogP contribution in [-0.4, -0.2) is 12.1 Å². The second kappa shape index (κ2) is 3.51. The number of nitrogen functional groups attached to an aromatic ring is 1. The molecular formula is C10H11N3O. The summed E-state index contributed by atoms with van der Waals surface area (Å²) in [6, 6.07) is 7.49. The lowest BCUT2D eigenvalue weighted by Crippen LogP contribution is -2.07. The summed E-state index contributed by atoms with van der Waals surface area (Å²) in [6.07, 6.45) is 1.71. The van der Waals surface area contributed by atoms with Gasteiger partial charge in [0.05, 0.1) is 18.3 Å². The number of pyridine rings is 1. The molecule has 0 atom stereocenters. The van der Waals surface area contributed by atoms with Gasteiger partial charge >= 0.3 is 0 Å². The minimum atomic E-state index is 0.794. The Bertz CT molecular complexity index is 456. The summed E-state index contributed by atoms with van der Waals surface area (Å²) >= 11 is 0. The topological polar surface area (TPSA) is 60.2 Å². The largest absolute Gasteiger partial charge is 0.497 e. The molecule has 2 rings (SSSR count). The van der Waals surface area contributed by atoms with Crippen molar-refractivity contribution >= 4 is 16.6 Å². The number of ether oxygens (including phenoxy) is 1. The van der Waals surface area contributed by atoms with Crippen molar-refractivity contribution in [2.75, 3.05) is 12.5 Å². The molecule has 0 amide bonds. The summed E-state index contributed by atoms with van der Waals surface area (Å²) in [5, 5.41) is 0.953. The van der Waals surface area contributed by atoms with Crippen molar-refractivity contribution in [2.24, 2.45) is 5.84 Å². The average molecular weight is 189 g/mol. The molecule has 1 heterocycles. The SMILES string of the molecule is COc1ccc2nccc(NN)c2c1. The van der Waals surface area contributed by atoms with E-state index in [-0.39, 0.29) is 0 Å². The number of fused-ring (bicyclic) bond motifs is 1. The van der Waals surface area contributed by atoms with Gasteiger partial charge in [0, 0.05) is 11.6 Å². The maximum Gasteiger partial charge on any atom is 0.119 e. The first-order valence-electron chi connectivity index (χ1n) is 4.24. The van der Waals surface area contributed by atoms with Gasteiger partial charge in [-0.1, -0.05) is 0 Å². The van der Waals surface area contributed by atoms with Crippen LogP contribution in [-0.2, 0) is 0 Å². The number of nitrogens with zero attached hydrogens (tertiary/aromatic N) is 1. The highest BCUT2D eigenvalue weighted by atomic mass is 16.5. The summed E-state index contributed by atoms with van der Waals surface area (Å²) in [7, 11) is 1.63. The molecule has 0 aliphatic heterocycles. The number of methoxy groups -OCH3 is 1. The van der Waals surface area contributed by atoms with Crippen molar-refractivity contribution in [1.29, 1.82) is 0 Å². The molecule has 1 aromatic carbocycles. The standard InChI is InChI=1S/C10H11N3O/c1-14-7-2-3-9-8(6-7)10(13-11)4-5-12-9/h2-6H,11H2,1H3,(H,12,13). The zero-order valence-electron chi connectivity index (χ0n) is 7.82. The lowest BCUT2D eigenvalue weighted by molar-refractivity contribution is 0.415. The Morgan fingerprint density at radius 1 is 1.36 bits per heavy atom. The highest BCUT2D eigenvalue weighted by Crippen LogP contribution is 2.24. The lowest BCUT2D eigenvalue weighted by Gasteiger charge is -2.06. The second-order valence-electron chi connectivity index (χ2n) is 2.89. The number of benzene rings is 1. The Kier molecular flexibility index (Phi) is 2.20. The molecule has 4 heteroatoms. The molecule has 0 aliphatic rings. The number of nitrogens with two attached hydrogens (primary N) is 1. The van der Waals surface area contributed by atoms with Crippen LogP contribution in [0.1, 0.15) is 0 Å². The Labute approximate surface area is 81.7 Å². The van der Waals surface area contributed by atoms with Crippen LogP contribution in [0.5, 0.6) is 5.75 Å². The van der Waals surface area contributed by atoms with Gasteiger partial charge in [-0.15, -0.1) is 0 Å². The van der Waals surface area contributed by atoms with Crippen molar-refractivity contribution in [2.45, 2.75) is 0 Å². The second-order valence-corrected chi connectivity index (χ2v) is 2.89. The van der Waals surface area contributed by atoms with Crippen molar-refractivity contribution in [3.63, 3.8) is 0 Å². The van der Waals surface area contributed by atoms with E-state index in [1.165, 1.54) is 0 Å². The minimum absolute atomic E-state index is 0.794. The van der Waals surface area contributed by atoms with E-state index in [0.29, 0.717) is 0 Å². The van der Waals surface area contributed by atoms with Gasteiger partial charge in [0.2, 0.25) is 0 Å². The molecule has 4 nitrogen and oxygen atoms in total. The predicted octanol–water partition coefficient (Wildman–Crippen LogP) is 1.53. The van der Waals surface area contributed by atoms with Crippen molar-refractivity contribution in [3.8, 4) is 5.75 Å². The van der Waals surface area contributed by atoms with Crippen molar-refractivity contribution in [1.82, 2.24) is 4.98 Å². The molecule has 0 radical (unpaired) electrons. The minimum Gasteiger partial charge on any atom is -0.497 e. The van der Waals surface area contributed by atoms with Gasteiger partial charge < -0.3 is 10.2 Å². The molecule has 0 spiro atoms. The fourth-order valence-electron chi connectivity index (χ4n) is 1.38. The van der Waals surface area contributed by atoms with Gasteiger partial charge in [-0.3, -0.25) is 10.8 Å². The van der Waals surface area contributed by atoms with E-state index in [0.717, 1.165) is 22.3 Å². The zero-order chi connectivity index (χ0) is 9.97. The first-order chi connectivity index (χ1) is 6.85. The molecule has 0 bridgehead atoms. The maximum absolute atomic E-state index is 5.39. The number of aromatic nitrogens is 1. The Morgan fingerprint density at radius 2 is 2.21 bits per heavy atom. The van der Waals surface area contributed by atoms with Crippen LogP contribution >= 0.6 is 0 Å². The number of hydrogen-bond acceptors (Lipinski definition) is 4. The highest BCUT2D eigenvalue weighted by molar-refractivity contribution is 5.91. The molecule has 0 unspecified atom stereocenters. The fraction of sp³-hybridized carbons (Fsp3) is 0.100. The van der Waals surface area contributed by atoms with E-state index < -0.39 is 0 Å². The van der Waals surface area contributed by atoms with Crippen LogP contribution in [0.15, 0.2) is 30.5 Å². The van der Waals surface area contributed by atoms with Gasteiger partial charge in [0.15, 0.2) is 0 Å². The number of anilines is 1. The van der Waals surface area contributed by atoms with Gasteiger partial charge in [-0.2, -0.15) is 0 Å². The fourth-order valence-corrected chi connectivity index (χ4v) is 1.38. The number of rotatable bonds is 2. The monoisotopic (exact) mass is 189 g/mol. The summed E-state index contributed by atoms with van der Waals surface area (Å²) in [4.78, 5) is 4.21. The van der Waals surface area contributed by atoms with E-state index in [9.17, 15) is 0 Å². The Balaban J connectivity index is 2.70. The number of hydrazine groups is 1. The van der Waals surface area contributed by atoms with E-state index in [1.54, 1.807) is 13.3 Å². The molecule has 0 saturated carbocycles. The molecule has 3 N–H and O–H groups in total. The van der Waals surface area contributed by atoms with Gasteiger partial charge in [0.1, 0.15) is 5.75 Å². The normalized spacial score (nSPS) is 10.1. The van der Waals surface area contributed by atoms with Crippen LogP contribution in [0.2, 0.25) is 0 Å². The molecule has 0 saturated heterocycles. The van der Waals surface area contributed by atoms with E-state index in [2.05, 4.69) is 10.4 Å². The van der Waals surface area contributed by atoms with Crippen LogP contribution in [0.25, 0.3) is 10.9 Å². The van der Waals surface area contributed by atoms with Crippen molar-refractivity contribution in [3.05, 3.63) is 30.5 Å². The van der Waals surface area contributed by atoms with Gasteiger partial charge in [-0.25, -0.2) is 0 Å². The lowest BCUT2D eigenvalue weighted by atomic mass is 10.2. The predicted molar refractivity (Wildman–Crippen MR) is 56.1 cm³/mol. The highest BCUT2D eigenvalue weighted by Gasteiger charge is 2.01. The Hall–Kier alpha value is -1.81. The molecule has 14 heavy (non-hydrogen) atoms. The molecule has 2 aromatic rings. The summed E-state index contributed by atoms with van der Waals surface area (Å²) in [5.41, 5.74) is 4.36. The van der Waals surface area contributed by atoms with Crippen LogP contribution in [0, 0.1) is 0 Å². The number of hydrogen-bond donors (Lipinski definition) is 2. The summed E-state index contributed by atoms with van der Waals surface area (Å²) < 4.78 is 5.13. The molecule has 0 fully saturated rings. The van der Waals surface area contributed by atoms with E-state index >= 15 is 0 Å². The maximum atomic E-state index is 5.39. The zero-order valence-corrected chi connectivity index (χ0v) is 7.82. The summed E-state index contributed by atoms with van der Waals surface area (Å²) in [6.45, 7) is 0. The van der Waals surface area contributed by atoms with Crippen LogP contribution in [0.3, 0.4) is 0 Å².